The van der Waals surface area contributed by atoms with Gasteiger partial charge in [0.15, 0.2) is 4.77 Å². The lowest BCUT2D eigenvalue weighted by molar-refractivity contribution is 0.303. The topological polar surface area (TPSA) is 37.9 Å². The molecule has 0 bridgehead atoms. The Hall–Kier alpha value is -1.68. The maximum absolute atomic E-state index is 5.72. The van der Waals surface area contributed by atoms with E-state index in [9.17, 15) is 0 Å². The molecule has 3 rings (SSSR count). The molecule has 0 aliphatic heterocycles. The van der Waals surface area contributed by atoms with Crippen molar-refractivity contribution in [2.24, 2.45) is 0 Å². The lowest BCUT2D eigenvalue weighted by atomic mass is 10.1. The van der Waals surface area contributed by atoms with Crippen molar-refractivity contribution in [1.29, 1.82) is 0 Å². The SMILES string of the molecule is Cc1cc(-c2ccc(OC3CC3)cc2)nc(=S)[nH]1. The molecule has 1 saturated carbocycles. The van der Waals surface area contributed by atoms with E-state index in [0.717, 1.165) is 22.7 Å². The molecule has 1 aromatic carbocycles. The Balaban J connectivity index is 1.88. The van der Waals surface area contributed by atoms with Crippen molar-refractivity contribution in [2.45, 2.75) is 25.9 Å². The molecule has 0 radical (unpaired) electrons. The van der Waals surface area contributed by atoms with Gasteiger partial charge in [-0.25, -0.2) is 4.98 Å². The molecule has 0 amide bonds. The van der Waals surface area contributed by atoms with E-state index < -0.39 is 0 Å². The second-order valence-corrected chi connectivity index (χ2v) is 4.98. The number of nitrogens with zero attached hydrogens (tertiary/aromatic N) is 1. The molecule has 4 heteroatoms. The predicted octanol–water partition coefficient (Wildman–Crippen LogP) is 3.66. The summed E-state index contributed by atoms with van der Waals surface area (Å²) in [5, 5.41) is 0. The molecule has 0 spiro atoms. The van der Waals surface area contributed by atoms with Crippen LogP contribution in [-0.2, 0) is 0 Å². The predicted molar refractivity (Wildman–Crippen MR) is 73.2 cm³/mol. The van der Waals surface area contributed by atoms with Gasteiger partial charge in [0.05, 0.1) is 11.8 Å². The summed E-state index contributed by atoms with van der Waals surface area (Å²) in [6, 6.07) is 10.0. The molecule has 0 unspecified atom stereocenters. The first kappa shape index (κ1) is 11.4. The van der Waals surface area contributed by atoms with E-state index in [1.807, 2.05) is 37.3 Å². The Morgan fingerprint density at radius 1 is 1.28 bits per heavy atom. The number of hydrogen-bond acceptors (Lipinski definition) is 3. The number of rotatable bonds is 3. The van der Waals surface area contributed by atoms with Crippen LogP contribution < -0.4 is 4.74 Å². The molecule has 1 heterocycles. The van der Waals surface area contributed by atoms with E-state index in [0.29, 0.717) is 10.9 Å². The summed E-state index contributed by atoms with van der Waals surface area (Å²) < 4.78 is 6.23. The Morgan fingerprint density at radius 3 is 2.61 bits per heavy atom. The zero-order valence-corrected chi connectivity index (χ0v) is 11.0. The summed E-state index contributed by atoms with van der Waals surface area (Å²) in [6.07, 6.45) is 2.79. The lowest BCUT2D eigenvalue weighted by Gasteiger charge is -2.06. The molecule has 18 heavy (non-hydrogen) atoms. The normalized spacial score (nSPS) is 14.5. The number of benzene rings is 1. The van der Waals surface area contributed by atoms with Crippen molar-refractivity contribution in [2.75, 3.05) is 0 Å². The summed E-state index contributed by atoms with van der Waals surface area (Å²) in [4.78, 5) is 7.33. The van der Waals surface area contributed by atoms with Crippen LogP contribution in [0.5, 0.6) is 5.75 Å². The molecule has 0 saturated heterocycles. The molecule has 1 aliphatic carbocycles. The second-order valence-electron chi connectivity index (χ2n) is 4.60. The van der Waals surface area contributed by atoms with Crippen molar-refractivity contribution in [1.82, 2.24) is 9.97 Å². The van der Waals surface area contributed by atoms with Crippen molar-refractivity contribution >= 4 is 12.2 Å². The number of ether oxygens (including phenoxy) is 1. The smallest absolute Gasteiger partial charge is 0.197 e. The highest BCUT2D eigenvalue weighted by atomic mass is 32.1. The van der Waals surface area contributed by atoms with Crippen LogP contribution in [0.3, 0.4) is 0 Å². The monoisotopic (exact) mass is 258 g/mol. The van der Waals surface area contributed by atoms with Crippen LogP contribution in [-0.4, -0.2) is 16.1 Å². The van der Waals surface area contributed by atoms with Crippen LogP contribution in [0.4, 0.5) is 0 Å². The number of nitrogens with one attached hydrogen (secondary N) is 1. The van der Waals surface area contributed by atoms with Crippen LogP contribution in [0.1, 0.15) is 18.5 Å². The maximum Gasteiger partial charge on any atom is 0.197 e. The van der Waals surface area contributed by atoms with Gasteiger partial charge in [0.2, 0.25) is 0 Å². The summed E-state index contributed by atoms with van der Waals surface area (Å²) in [7, 11) is 0. The number of hydrogen-bond donors (Lipinski definition) is 1. The van der Waals surface area contributed by atoms with Gasteiger partial charge in [0, 0.05) is 11.3 Å². The Labute approximate surface area is 111 Å². The quantitative estimate of drug-likeness (QED) is 0.854. The molecule has 1 fully saturated rings. The van der Waals surface area contributed by atoms with E-state index in [-0.39, 0.29) is 0 Å². The fraction of sp³-hybridized carbons (Fsp3) is 0.286. The van der Waals surface area contributed by atoms with Crippen molar-refractivity contribution in [3.05, 3.63) is 40.8 Å². The van der Waals surface area contributed by atoms with Crippen LogP contribution >= 0.6 is 12.2 Å². The number of aromatic nitrogens is 2. The average Bonchev–Trinajstić information content (AvgIpc) is 3.12. The molecule has 1 aromatic heterocycles. The van der Waals surface area contributed by atoms with Crippen LogP contribution in [0.15, 0.2) is 30.3 Å². The Kier molecular flexibility index (Phi) is 2.88. The first-order valence-corrected chi connectivity index (χ1v) is 6.46. The Bertz CT molecular complexity index is 614. The van der Waals surface area contributed by atoms with Crippen molar-refractivity contribution in [3.8, 4) is 17.0 Å². The average molecular weight is 258 g/mol. The van der Waals surface area contributed by atoms with Crippen LogP contribution in [0.25, 0.3) is 11.3 Å². The lowest BCUT2D eigenvalue weighted by Crippen LogP contribution is -1.95. The van der Waals surface area contributed by atoms with E-state index >= 15 is 0 Å². The summed E-state index contributed by atoms with van der Waals surface area (Å²) >= 11 is 5.09. The van der Waals surface area contributed by atoms with Gasteiger partial charge in [-0.3, -0.25) is 0 Å². The molecule has 1 N–H and O–H groups in total. The zero-order chi connectivity index (χ0) is 12.5. The largest absolute Gasteiger partial charge is 0.490 e. The third kappa shape index (κ3) is 2.59. The molecule has 3 nitrogen and oxygen atoms in total. The van der Waals surface area contributed by atoms with Gasteiger partial charge < -0.3 is 9.72 Å². The fourth-order valence-corrected chi connectivity index (χ4v) is 2.07. The summed E-state index contributed by atoms with van der Waals surface area (Å²) in [6.45, 7) is 1.98. The molecule has 2 aromatic rings. The third-order valence-corrected chi connectivity index (χ3v) is 3.05. The van der Waals surface area contributed by atoms with Crippen molar-refractivity contribution < 1.29 is 4.74 Å². The van der Waals surface area contributed by atoms with E-state index in [2.05, 4.69) is 9.97 Å². The minimum absolute atomic E-state index is 0.432. The van der Waals surface area contributed by atoms with Gasteiger partial charge in [-0.1, -0.05) is 0 Å². The molecular weight excluding hydrogens is 244 g/mol. The fourth-order valence-electron chi connectivity index (χ4n) is 1.81. The minimum Gasteiger partial charge on any atom is -0.490 e. The number of H-pyrrole nitrogens is 1. The molecule has 1 aliphatic rings. The highest BCUT2D eigenvalue weighted by molar-refractivity contribution is 7.71. The highest BCUT2D eigenvalue weighted by Crippen LogP contribution is 2.28. The first-order valence-electron chi connectivity index (χ1n) is 6.06. The standard InChI is InChI=1S/C14H14N2OS/c1-9-8-13(16-14(18)15-9)10-2-4-11(5-3-10)17-12-6-7-12/h2-5,8,12H,6-7H2,1H3,(H,15,16,18). The first-order chi connectivity index (χ1) is 8.70. The van der Waals surface area contributed by atoms with Crippen LogP contribution in [0, 0.1) is 11.7 Å². The van der Waals surface area contributed by atoms with E-state index in [1.54, 1.807) is 0 Å². The van der Waals surface area contributed by atoms with Crippen molar-refractivity contribution in [3.63, 3.8) is 0 Å². The van der Waals surface area contributed by atoms with E-state index in [1.165, 1.54) is 12.8 Å². The van der Waals surface area contributed by atoms with Gasteiger partial charge in [-0.15, -0.1) is 0 Å². The van der Waals surface area contributed by atoms with Gasteiger partial charge in [-0.2, -0.15) is 0 Å². The minimum atomic E-state index is 0.432. The number of aromatic amines is 1. The molecule has 92 valence electrons. The summed E-state index contributed by atoms with van der Waals surface area (Å²) in [5.74, 6) is 0.930. The van der Waals surface area contributed by atoms with Gasteiger partial charge in [0.1, 0.15) is 5.75 Å². The Morgan fingerprint density at radius 2 is 2.00 bits per heavy atom. The molecular formula is C14H14N2OS. The van der Waals surface area contributed by atoms with E-state index in [4.69, 9.17) is 17.0 Å². The third-order valence-electron chi connectivity index (χ3n) is 2.86. The van der Waals surface area contributed by atoms with Gasteiger partial charge in [0.25, 0.3) is 0 Å². The second kappa shape index (κ2) is 4.53. The number of aryl methyl sites for hydroxylation is 1. The van der Waals surface area contributed by atoms with Gasteiger partial charge >= 0.3 is 0 Å². The van der Waals surface area contributed by atoms with Crippen LogP contribution in [0.2, 0.25) is 0 Å². The summed E-state index contributed by atoms with van der Waals surface area (Å²) in [5.41, 5.74) is 2.97. The highest BCUT2D eigenvalue weighted by Gasteiger charge is 2.23. The van der Waals surface area contributed by atoms with Gasteiger partial charge in [-0.05, 0) is 62.3 Å². The zero-order valence-electron chi connectivity index (χ0n) is 10.1. The maximum atomic E-state index is 5.72. The molecule has 0 atom stereocenters.